The van der Waals surface area contributed by atoms with E-state index in [2.05, 4.69) is 5.32 Å². The SMILES string of the molecule is Cc1cccc(F)c1NCc1ccoc1C(=O)O. The van der Waals surface area contributed by atoms with Crippen LogP contribution in [0.4, 0.5) is 10.1 Å². The van der Waals surface area contributed by atoms with Crippen LogP contribution in [0.5, 0.6) is 0 Å². The summed E-state index contributed by atoms with van der Waals surface area (Å²) in [7, 11) is 0. The van der Waals surface area contributed by atoms with Crippen molar-refractivity contribution >= 4 is 11.7 Å². The van der Waals surface area contributed by atoms with Crippen molar-refractivity contribution in [2.75, 3.05) is 5.32 Å². The minimum absolute atomic E-state index is 0.128. The Balaban J connectivity index is 2.17. The molecule has 18 heavy (non-hydrogen) atoms. The molecule has 5 heteroatoms. The number of anilines is 1. The minimum Gasteiger partial charge on any atom is -0.475 e. The van der Waals surface area contributed by atoms with Gasteiger partial charge in [0.1, 0.15) is 5.82 Å². The molecular formula is C13H12FNO3. The van der Waals surface area contributed by atoms with Crippen LogP contribution in [0.25, 0.3) is 0 Å². The maximum Gasteiger partial charge on any atom is 0.372 e. The van der Waals surface area contributed by atoms with Crippen molar-refractivity contribution in [3.05, 3.63) is 53.2 Å². The Bertz CT molecular complexity index is 557. The van der Waals surface area contributed by atoms with Gasteiger partial charge in [-0.1, -0.05) is 12.1 Å². The van der Waals surface area contributed by atoms with Gasteiger partial charge < -0.3 is 14.8 Å². The highest BCUT2D eigenvalue weighted by Crippen LogP contribution is 2.20. The van der Waals surface area contributed by atoms with Gasteiger partial charge in [0.2, 0.25) is 5.76 Å². The fraction of sp³-hybridized carbons (Fsp3) is 0.154. The van der Waals surface area contributed by atoms with Gasteiger partial charge in [0.25, 0.3) is 0 Å². The molecule has 0 spiro atoms. The predicted molar refractivity (Wildman–Crippen MR) is 64.1 cm³/mol. The second-order valence-corrected chi connectivity index (χ2v) is 3.87. The first-order chi connectivity index (χ1) is 8.59. The van der Waals surface area contributed by atoms with Gasteiger partial charge in [-0.25, -0.2) is 9.18 Å². The fourth-order valence-corrected chi connectivity index (χ4v) is 1.70. The Morgan fingerprint density at radius 3 is 2.89 bits per heavy atom. The molecule has 4 nitrogen and oxygen atoms in total. The third-order valence-electron chi connectivity index (χ3n) is 2.62. The molecule has 0 bridgehead atoms. The van der Waals surface area contributed by atoms with Crippen LogP contribution in [0.1, 0.15) is 21.7 Å². The molecule has 0 aliphatic carbocycles. The molecule has 0 aliphatic heterocycles. The maximum atomic E-state index is 13.5. The summed E-state index contributed by atoms with van der Waals surface area (Å²) < 4.78 is 18.4. The standard InChI is InChI=1S/C13H12FNO3/c1-8-3-2-4-10(14)11(8)15-7-9-5-6-18-12(9)13(16)17/h2-6,15H,7H2,1H3,(H,16,17). The van der Waals surface area contributed by atoms with Gasteiger partial charge in [0.15, 0.2) is 0 Å². The number of aromatic carboxylic acids is 1. The normalized spacial score (nSPS) is 10.3. The summed E-state index contributed by atoms with van der Waals surface area (Å²) in [5.74, 6) is -1.63. The lowest BCUT2D eigenvalue weighted by Crippen LogP contribution is -2.06. The van der Waals surface area contributed by atoms with Crippen molar-refractivity contribution in [2.45, 2.75) is 13.5 Å². The summed E-state index contributed by atoms with van der Waals surface area (Å²) >= 11 is 0. The Hall–Kier alpha value is -2.30. The molecule has 94 valence electrons. The van der Waals surface area contributed by atoms with Gasteiger partial charge >= 0.3 is 5.97 Å². The summed E-state index contributed by atoms with van der Waals surface area (Å²) in [5, 5.41) is 11.7. The zero-order valence-electron chi connectivity index (χ0n) is 9.74. The van der Waals surface area contributed by atoms with Crippen molar-refractivity contribution in [3.63, 3.8) is 0 Å². The second kappa shape index (κ2) is 4.91. The summed E-state index contributed by atoms with van der Waals surface area (Å²) in [6.07, 6.45) is 1.30. The average Bonchev–Trinajstić information content (AvgIpc) is 2.76. The van der Waals surface area contributed by atoms with Gasteiger partial charge in [0.05, 0.1) is 12.0 Å². The summed E-state index contributed by atoms with van der Waals surface area (Å²) in [6, 6.07) is 6.30. The average molecular weight is 249 g/mol. The largest absolute Gasteiger partial charge is 0.475 e. The number of aryl methyl sites for hydroxylation is 1. The number of furan rings is 1. The lowest BCUT2D eigenvalue weighted by Gasteiger charge is -2.09. The Kier molecular flexibility index (Phi) is 3.32. The van der Waals surface area contributed by atoms with Crippen LogP contribution in [-0.2, 0) is 6.54 Å². The number of carboxylic acid groups (broad SMARTS) is 1. The zero-order chi connectivity index (χ0) is 13.1. The first-order valence-corrected chi connectivity index (χ1v) is 5.38. The molecular weight excluding hydrogens is 237 g/mol. The lowest BCUT2D eigenvalue weighted by atomic mass is 10.1. The molecule has 0 unspecified atom stereocenters. The van der Waals surface area contributed by atoms with Crippen molar-refractivity contribution < 1.29 is 18.7 Å². The number of carbonyl (C=O) groups is 1. The number of hydrogen-bond acceptors (Lipinski definition) is 3. The molecule has 0 radical (unpaired) electrons. The molecule has 2 rings (SSSR count). The second-order valence-electron chi connectivity index (χ2n) is 3.87. The third kappa shape index (κ3) is 2.34. The summed E-state index contributed by atoms with van der Waals surface area (Å²) in [4.78, 5) is 10.8. The maximum absolute atomic E-state index is 13.5. The number of hydrogen-bond donors (Lipinski definition) is 2. The van der Waals surface area contributed by atoms with Crippen molar-refractivity contribution in [1.82, 2.24) is 0 Å². The van der Waals surface area contributed by atoms with E-state index in [1.54, 1.807) is 25.1 Å². The molecule has 0 fully saturated rings. The van der Waals surface area contributed by atoms with E-state index in [0.717, 1.165) is 5.56 Å². The number of halogens is 1. The van der Waals surface area contributed by atoms with Crippen LogP contribution >= 0.6 is 0 Å². The molecule has 0 amide bonds. The van der Waals surface area contributed by atoms with Gasteiger partial charge in [-0.05, 0) is 24.6 Å². The molecule has 1 aromatic carbocycles. The highest BCUT2D eigenvalue weighted by atomic mass is 19.1. The number of nitrogens with one attached hydrogen (secondary N) is 1. The van der Waals surface area contributed by atoms with Crippen LogP contribution in [-0.4, -0.2) is 11.1 Å². The number of rotatable bonds is 4. The smallest absolute Gasteiger partial charge is 0.372 e. The highest BCUT2D eigenvalue weighted by Gasteiger charge is 2.14. The molecule has 0 aliphatic rings. The molecule has 1 aromatic heterocycles. The monoisotopic (exact) mass is 249 g/mol. The Morgan fingerprint density at radius 2 is 2.22 bits per heavy atom. The predicted octanol–water partition coefficient (Wildman–Crippen LogP) is 3.04. The van der Waals surface area contributed by atoms with Crippen LogP contribution < -0.4 is 5.32 Å². The van der Waals surface area contributed by atoms with Crippen molar-refractivity contribution in [1.29, 1.82) is 0 Å². The van der Waals surface area contributed by atoms with Crippen molar-refractivity contribution in [3.8, 4) is 0 Å². The minimum atomic E-state index is -1.14. The van der Waals surface area contributed by atoms with E-state index >= 15 is 0 Å². The zero-order valence-corrected chi connectivity index (χ0v) is 9.74. The van der Waals surface area contributed by atoms with Crippen LogP contribution in [0, 0.1) is 12.7 Å². The van der Waals surface area contributed by atoms with Crippen LogP contribution in [0.3, 0.4) is 0 Å². The van der Waals surface area contributed by atoms with E-state index in [0.29, 0.717) is 11.3 Å². The van der Waals surface area contributed by atoms with E-state index in [1.807, 2.05) is 0 Å². The molecule has 0 atom stereocenters. The topological polar surface area (TPSA) is 62.5 Å². The first kappa shape index (κ1) is 12.2. The van der Waals surface area contributed by atoms with E-state index in [-0.39, 0.29) is 18.1 Å². The highest BCUT2D eigenvalue weighted by molar-refractivity contribution is 5.86. The number of para-hydroxylation sites is 1. The number of benzene rings is 1. The fourth-order valence-electron chi connectivity index (χ4n) is 1.70. The van der Waals surface area contributed by atoms with Gasteiger partial charge in [0, 0.05) is 12.1 Å². The van der Waals surface area contributed by atoms with Gasteiger partial charge in [-0.2, -0.15) is 0 Å². The molecule has 2 N–H and O–H groups in total. The van der Waals surface area contributed by atoms with E-state index in [9.17, 15) is 9.18 Å². The van der Waals surface area contributed by atoms with Crippen LogP contribution in [0.15, 0.2) is 34.9 Å². The van der Waals surface area contributed by atoms with E-state index in [1.165, 1.54) is 12.3 Å². The third-order valence-corrected chi connectivity index (χ3v) is 2.62. The van der Waals surface area contributed by atoms with Gasteiger partial charge in [-0.3, -0.25) is 0 Å². The molecule has 1 heterocycles. The van der Waals surface area contributed by atoms with Crippen LogP contribution in [0.2, 0.25) is 0 Å². The first-order valence-electron chi connectivity index (χ1n) is 5.38. The van der Waals surface area contributed by atoms with E-state index in [4.69, 9.17) is 9.52 Å². The van der Waals surface area contributed by atoms with Gasteiger partial charge in [-0.15, -0.1) is 0 Å². The Morgan fingerprint density at radius 1 is 1.44 bits per heavy atom. The molecule has 0 saturated carbocycles. The summed E-state index contributed by atoms with van der Waals surface area (Å²) in [6.45, 7) is 1.97. The lowest BCUT2D eigenvalue weighted by molar-refractivity contribution is 0.0661. The van der Waals surface area contributed by atoms with Crippen molar-refractivity contribution in [2.24, 2.45) is 0 Å². The molecule has 0 saturated heterocycles. The molecule has 2 aromatic rings. The quantitative estimate of drug-likeness (QED) is 0.874. The van der Waals surface area contributed by atoms with E-state index < -0.39 is 5.97 Å². The Labute approximate surface area is 103 Å². The summed E-state index contributed by atoms with van der Waals surface area (Å²) in [5.41, 5.74) is 1.61. The number of carboxylic acids is 1.